The van der Waals surface area contributed by atoms with Gasteiger partial charge in [0.2, 0.25) is 0 Å². The zero-order valence-electron chi connectivity index (χ0n) is 11.8. The third-order valence-corrected chi connectivity index (χ3v) is 2.60. The molecule has 1 aromatic rings. The molecule has 0 amide bonds. The highest BCUT2D eigenvalue weighted by Crippen LogP contribution is 2.34. The molecule has 0 saturated carbocycles. The van der Waals surface area contributed by atoms with Crippen LogP contribution in [0.2, 0.25) is 0 Å². The molecule has 0 aromatic heterocycles. The molecule has 1 rings (SSSR count). The second kappa shape index (κ2) is 7.62. The summed E-state index contributed by atoms with van der Waals surface area (Å²) in [6.45, 7) is 1.53. The quantitative estimate of drug-likeness (QED) is 0.452. The second-order valence-electron chi connectivity index (χ2n) is 3.90. The fourth-order valence-corrected chi connectivity index (χ4v) is 1.74. The lowest BCUT2D eigenvalue weighted by Gasteiger charge is -2.16. The minimum Gasteiger partial charge on any atom is -0.480 e. The average molecular weight is 286 g/mol. The van der Waals surface area contributed by atoms with Gasteiger partial charge in [-0.25, -0.2) is 4.79 Å². The summed E-state index contributed by atoms with van der Waals surface area (Å²) < 4.78 is 15.3. The van der Waals surface area contributed by atoms with E-state index in [1.807, 2.05) is 0 Å². The van der Waals surface area contributed by atoms with Crippen LogP contribution in [0.15, 0.2) is 6.07 Å². The van der Waals surface area contributed by atoms with Gasteiger partial charge in [0.05, 0.1) is 12.7 Å². The number of aryl methyl sites for hydroxylation is 1. The van der Waals surface area contributed by atoms with Crippen molar-refractivity contribution in [1.82, 2.24) is 0 Å². The summed E-state index contributed by atoms with van der Waals surface area (Å²) in [4.78, 5) is 23.2. The number of carbonyl (C=O) groups excluding carboxylic acids is 2. The van der Waals surface area contributed by atoms with Gasteiger partial charge >= 0.3 is 5.97 Å². The Labute approximate surface area is 123 Å². The smallest absolute Gasteiger partial charge is 0.341 e. The number of esters is 1. The number of methoxy groups -OCH3 is 1. The van der Waals surface area contributed by atoms with Crippen molar-refractivity contribution in [3.8, 4) is 36.2 Å². The first-order valence-corrected chi connectivity index (χ1v) is 5.94. The number of benzene rings is 1. The van der Waals surface area contributed by atoms with Gasteiger partial charge in [-0.05, 0) is 18.6 Å². The standard InChI is InChI=1S/C16H14O5/c1-5-7-20-13-9-11(3)14(16(18)19-4)15(12(13)10-17)21-8-6-2/h1-2,9-10H,7-8H2,3-4H3. The molecule has 0 aliphatic carbocycles. The molecule has 0 N–H and O–H groups in total. The van der Waals surface area contributed by atoms with E-state index >= 15 is 0 Å². The highest BCUT2D eigenvalue weighted by atomic mass is 16.5. The topological polar surface area (TPSA) is 61.8 Å². The summed E-state index contributed by atoms with van der Waals surface area (Å²) in [6, 6.07) is 1.52. The number of hydrogen-bond donors (Lipinski definition) is 0. The van der Waals surface area contributed by atoms with E-state index in [0.29, 0.717) is 11.8 Å². The van der Waals surface area contributed by atoms with E-state index in [4.69, 9.17) is 27.1 Å². The van der Waals surface area contributed by atoms with E-state index in [9.17, 15) is 9.59 Å². The molecular formula is C16H14O5. The van der Waals surface area contributed by atoms with Crippen LogP contribution in [0.4, 0.5) is 0 Å². The normalized spacial score (nSPS) is 9.14. The largest absolute Gasteiger partial charge is 0.480 e. The predicted octanol–water partition coefficient (Wildman–Crippen LogP) is 1.62. The van der Waals surface area contributed by atoms with Crippen LogP contribution in [0.3, 0.4) is 0 Å². The van der Waals surface area contributed by atoms with E-state index in [1.54, 1.807) is 6.92 Å². The lowest BCUT2D eigenvalue weighted by molar-refractivity contribution is 0.0595. The summed E-state index contributed by atoms with van der Waals surface area (Å²) >= 11 is 0. The van der Waals surface area contributed by atoms with Crippen LogP contribution in [-0.2, 0) is 4.74 Å². The molecule has 0 bridgehead atoms. The van der Waals surface area contributed by atoms with Gasteiger partial charge in [-0.15, -0.1) is 12.8 Å². The highest BCUT2D eigenvalue weighted by Gasteiger charge is 2.23. The summed E-state index contributed by atoms with van der Waals surface area (Å²) in [5.74, 6) is 4.18. The van der Waals surface area contributed by atoms with E-state index < -0.39 is 5.97 Å². The Bertz CT molecular complexity index is 632. The SMILES string of the molecule is C#CCOc1cc(C)c(C(=O)OC)c(OCC#C)c1C=O. The van der Waals surface area contributed by atoms with Gasteiger partial charge in [-0.3, -0.25) is 4.79 Å². The first kappa shape index (κ1) is 16.1. The maximum Gasteiger partial charge on any atom is 0.341 e. The van der Waals surface area contributed by atoms with E-state index in [0.717, 1.165) is 0 Å². The molecule has 0 aliphatic heterocycles. The molecule has 0 unspecified atom stereocenters. The predicted molar refractivity (Wildman–Crippen MR) is 76.6 cm³/mol. The minimum absolute atomic E-state index is 0.0214. The summed E-state index contributed by atoms with van der Waals surface area (Å²) in [5, 5.41) is 0. The molecule has 1 aromatic carbocycles. The minimum atomic E-state index is -0.633. The van der Waals surface area contributed by atoms with Crippen LogP contribution >= 0.6 is 0 Å². The molecule has 5 nitrogen and oxygen atoms in total. The molecule has 0 radical (unpaired) electrons. The maximum absolute atomic E-state index is 11.9. The van der Waals surface area contributed by atoms with Crippen LogP contribution in [-0.4, -0.2) is 32.6 Å². The molecule has 21 heavy (non-hydrogen) atoms. The number of aldehydes is 1. The Balaban J connectivity index is 3.52. The van der Waals surface area contributed by atoms with Gasteiger partial charge in [0, 0.05) is 0 Å². The monoisotopic (exact) mass is 286 g/mol. The summed E-state index contributed by atoms with van der Waals surface area (Å²) in [7, 11) is 1.23. The Morgan fingerprint density at radius 2 is 1.90 bits per heavy atom. The van der Waals surface area contributed by atoms with Gasteiger partial charge in [0.1, 0.15) is 30.3 Å². The molecule has 108 valence electrons. The first-order chi connectivity index (χ1) is 10.1. The van der Waals surface area contributed by atoms with Crippen LogP contribution in [0.25, 0.3) is 0 Å². The van der Waals surface area contributed by atoms with Crippen LogP contribution in [0.1, 0.15) is 26.3 Å². The lowest BCUT2D eigenvalue weighted by atomic mass is 10.0. The zero-order valence-corrected chi connectivity index (χ0v) is 11.8. The summed E-state index contributed by atoms with van der Waals surface area (Å²) in [5.41, 5.74) is 0.709. The molecule has 5 heteroatoms. The molecule has 0 fully saturated rings. The van der Waals surface area contributed by atoms with Crippen molar-refractivity contribution >= 4 is 12.3 Å². The van der Waals surface area contributed by atoms with Gasteiger partial charge in [0.25, 0.3) is 0 Å². The molecule has 0 spiro atoms. The number of ether oxygens (including phenoxy) is 3. The Kier molecular flexibility index (Phi) is 5.85. The van der Waals surface area contributed by atoms with Gasteiger partial charge < -0.3 is 14.2 Å². The Hall–Kier alpha value is -2.92. The number of carbonyl (C=O) groups is 2. The Morgan fingerprint density at radius 3 is 2.43 bits per heavy atom. The van der Waals surface area contributed by atoms with Crippen molar-refractivity contribution in [1.29, 1.82) is 0 Å². The summed E-state index contributed by atoms with van der Waals surface area (Å²) in [6.07, 6.45) is 10.8. The maximum atomic E-state index is 11.9. The number of rotatable bonds is 6. The van der Waals surface area contributed by atoms with Gasteiger partial charge in [-0.2, -0.15) is 0 Å². The molecular weight excluding hydrogens is 272 g/mol. The highest BCUT2D eigenvalue weighted by molar-refractivity contribution is 5.99. The van der Waals surface area contributed by atoms with Gasteiger partial charge in [-0.1, -0.05) is 11.8 Å². The number of terminal acetylenes is 2. The van der Waals surface area contributed by atoms with Crippen LogP contribution in [0.5, 0.6) is 11.5 Å². The van der Waals surface area contributed by atoms with Crippen molar-refractivity contribution in [3.05, 3.63) is 22.8 Å². The fraction of sp³-hybridized carbons (Fsp3) is 0.250. The molecule has 0 atom stereocenters. The van der Waals surface area contributed by atoms with Crippen molar-refractivity contribution in [3.63, 3.8) is 0 Å². The molecule has 0 heterocycles. The van der Waals surface area contributed by atoms with Crippen LogP contribution < -0.4 is 9.47 Å². The van der Waals surface area contributed by atoms with Gasteiger partial charge in [0.15, 0.2) is 6.29 Å². The average Bonchev–Trinajstić information content (AvgIpc) is 2.49. The lowest BCUT2D eigenvalue weighted by Crippen LogP contribution is -2.12. The fourth-order valence-electron chi connectivity index (χ4n) is 1.74. The van der Waals surface area contributed by atoms with Crippen molar-refractivity contribution < 1.29 is 23.8 Å². The molecule has 0 aliphatic rings. The van der Waals surface area contributed by atoms with Crippen molar-refractivity contribution in [2.24, 2.45) is 0 Å². The van der Waals surface area contributed by atoms with E-state index in [2.05, 4.69) is 11.8 Å². The third-order valence-electron chi connectivity index (χ3n) is 2.60. The van der Waals surface area contributed by atoms with E-state index in [1.165, 1.54) is 13.2 Å². The second-order valence-corrected chi connectivity index (χ2v) is 3.90. The first-order valence-electron chi connectivity index (χ1n) is 5.94. The Morgan fingerprint density at radius 1 is 1.29 bits per heavy atom. The zero-order chi connectivity index (χ0) is 15.8. The third kappa shape index (κ3) is 3.55. The van der Waals surface area contributed by atoms with Crippen LogP contribution in [0, 0.1) is 31.6 Å². The van der Waals surface area contributed by atoms with Crippen molar-refractivity contribution in [2.45, 2.75) is 6.92 Å². The van der Waals surface area contributed by atoms with E-state index in [-0.39, 0.29) is 35.8 Å². The molecule has 0 saturated heterocycles. The van der Waals surface area contributed by atoms with Crippen molar-refractivity contribution in [2.75, 3.05) is 20.3 Å². The number of hydrogen-bond acceptors (Lipinski definition) is 5.